The Balaban J connectivity index is 3.85. The molecule has 0 N–H and O–H groups in total. The van der Waals surface area contributed by atoms with Crippen LogP contribution in [0.1, 0.15) is 335 Å². The molecule has 0 aliphatic heterocycles. The molecule has 0 spiro atoms. The van der Waals surface area contributed by atoms with Crippen LogP contribution in [0.3, 0.4) is 0 Å². The van der Waals surface area contributed by atoms with Crippen LogP contribution in [0.5, 0.6) is 0 Å². The third-order valence-electron chi connectivity index (χ3n) is 14.6. The van der Waals surface area contributed by atoms with Gasteiger partial charge in [0.05, 0.1) is 27.7 Å². The molecule has 430 valence electrons. The lowest BCUT2D eigenvalue weighted by molar-refractivity contribution is -0.870. The third-order valence-corrected chi connectivity index (χ3v) is 15.6. The van der Waals surface area contributed by atoms with Gasteiger partial charge in [-0.15, -0.1) is 0 Å². The van der Waals surface area contributed by atoms with Crippen LogP contribution >= 0.6 is 7.82 Å². The van der Waals surface area contributed by atoms with E-state index in [1.807, 2.05) is 21.1 Å². The fourth-order valence-electron chi connectivity index (χ4n) is 9.72. The quantitative estimate of drug-likeness (QED) is 0.0256. The van der Waals surface area contributed by atoms with E-state index in [-0.39, 0.29) is 32.0 Å². The van der Waals surface area contributed by atoms with Gasteiger partial charge in [-0.1, -0.05) is 309 Å². The molecule has 0 heterocycles. The standard InChI is InChI=1S/C62H124NO8P/c1-6-8-10-12-14-16-18-20-21-22-23-24-25-26-27-28-29-30-31-32-33-34-35-36-37-38-39-40-41-42-43-45-47-49-51-53-55-62(65)71-60(59-70-72(66,67)69-57-56-63(3,4)5)58-68-61(64)54-52-50-48-46-44-19-17-15-13-11-9-7-2/h60H,6-59H2,1-5H3. The van der Waals surface area contributed by atoms with E-state index in [1.54, 1.807) is 0 Å². The highest BCUT2D eigenvalue weighted by molar-refractivity contribution is 7.45. The maximum atomic E-state index is 12.8. The van der Waals surface area contributed by atoms with Gasteiger partial charge in [0.2, 0.25) is 0 Å². The fraction of sp³-hybridized carbons (Fsp3) is 0.968. The molecule has 0 rings (SSSR count). The number of ether oxygens (including phenoxy) is 2. The van der Waals surface area contributed by atoms with Crippen LogP contribution in [0.25, 0.3) is 0 Å². The topological polar surface area (TPSA) is 111 Å². The van der Waals surface area contributed by atoms with Crippen LogP contribution < -0.4 is 4.89 Å². The SMILES string of the molecule is CCCCCCCCCCCCCCCCCCCCCCCCCCCCCCCCCCCCCCC(=O)OC(COC(=O)CCCCCCCCCCCCCC)COP(=O)([O-])OCC[N+](C)(C)C. The van der Waals surface area contributed by atoms with E-state index in [2.05, 4.69) is 13.8 Å². The minimum atomic E-state index is -4.62. The number of rotatable bonds is 60. The van der Waals surface area contributed by atoms with Crippen molar-refractivity contribution in [3.05, 3.63) is 0 Å². The normalized spacial score (nSPS) is 13.1. The van der Waals surface area contributed by atoms with Gasteiger partial charge >= 0.3 is 11.9 Å². The Hall–Kier alpha value is -0.990. The van der Waals surface area contributed by atoms with Gasteiger partial charge in [-0.25, -0.2) is 0 Å². The van der Waals surface area contributed by atoms with E-state index in [4.69, 9.17) is 18.5 Å². The van der Waals surface area contributed by atoms with Crippen molar-refractivity contribution in [2.24, 2.45) is 0 Å². The smallest absolute Gasteiger partial charge is 0.306 e. The van der Waals surface area contributed by atoms with Crippen molar-refractivity contribution in [2.45, 2.75) is 341 Å². The third kappa shape index (κ3) is 58.3. The number of phosphoric acid groups is 1. The summed E-state index contributed by atoms with van der Waals surface area (Å²) >= 11 is 0. The summed E-state index contributed by atoms with van der Waals surface area (Å²) in [6.07, 6.45) is 63.4. The van der Waals surface area contributed by atoms with Crippen molar-refractivity contribution in [1.82, 2.24) is 0 Å². The number of likely N-dealkylation sites (N-methyl/N-ethyl adjacent to an activating group) is 1. The van der Waals surface area contributed by atoms with Crippen molar-refractivity contribution in [1.29, 1.82) is 0 Å². The first-order valence-electron chi connectivity index (χ1n) is 31.7. The molecule has 2 unspecified atom stereocenters. The second-order valence-electron chi connectivity index (χ2n) is 23.1. The molecule has 72 heavy (non-hydrogen) atoms. The molecule has 0 aliphatic rings. The number of carbonyl (C=O) groups is 2. The Labute approximate surface area is 448 Å². The number of nitrogens with zero attached hydrogens (tertiary/aromatic N) is 1. The van der Waals surface area contributed by atoms with Gasteiger partial charge in [-0.2, -0.15) is 0 Å². The van der Waals surface area contributed by atoms with Crippen molar-refractivity contribution in [2.75, 3.05) is 47.5 Å². The Morgan fingerprint density at radius 2 is 0.625 bits per heavy atom. The number of hydrogen-bond acceptors (Lipinski definition) is 8. The Bertz CT molecular complexity index is 1180. The maximum absolute atomic E-state index is 12.8. The van der Waals surface area contributed by atoms with E-state index < -0.39 is 26.5 Å². The molecule has 0 saturated heterocycles. The van der Waals surface area contributed by atoms with Crippen molar-refractivity contribution < 1.29 is 42.1 Å². The summed E-state index contributed by atoms with van der Waals surface area (Å²) in [4.78, 5) is 37.8. The van der Waals surface area contributed by atoms with Gasteiger partial charge in [-0.05, 0) is 12.8 Å². The zero-order valence-electron chi connectivity index (χ0n) is 48.9. The lowest BCUT2D eigenvalue weighted by Gasteiger charge is -2.28. The molecule has 0 saturated carbocycles. The van der Waals surface area contributed by atoms with Gasteiger partial charge in [-0.3, -0.25) is 14.2 Å². The van der Waals surface area contributed by atoms with Crippen LogP contribution in [0.4, 0.5) is 0 Å². The number of phosphoric ester groups is 1. The Morgan fingerprint density at radius 3 is 0.889 bits per heavy atom. The van der Waals surface area contributed by atoms with E-state index >= 15 is 0 Å². The van der Waals surface area contributed by atoms with Gasteiger partial charge in [0.1, 0.15) is 19.8 Å². The zero-order valence-corrected chi connectivity index (χ0v) is 49.8. The predicted molar refractivity (Wildman–Crippen MR) is 305 cm³/mol. The van der Waals surface area contributed by atoms with E-state index in [0.717, 1.165) is 32.1 Å². The number of quaternary nitrogens is 1. The first kappa shape index (κ1) is 71.0. The summed E-state index contributed by atoms with van der Waals surface area (Å²) < 4.78 is 34.1. The fourth-order valence-corrected chi connectivity index (χ4v) is 10.4. The zero-order chi connectivity index (χ0) is 52.7. The molecule has 0 aromatic carbocycles. The average molecular weight is 1040 g/mol. The second kappa shape index (κ2) is 54.8. The predicted octanol–water partition coefficient (Wildman–Crippen LogP) is 19.2. The van der Waals surface area contributed by atoms with Gasteiger partial charge in [0, 0.05) is 12.8 Å². The molecule has 0 fully saturated rings. The molecule has 0 aliphatic carbocycles. The summed E-state index contributed by atoms with van der Waals surface area (Å²) in [5.74, 6) is -0.812. The highest BCUT2D eigenvalue weighted by atomic mass is 31.2. The molecule has 0 aromatic heterocycles. The molecule has 0 aromatic rings. The average Bonchev–Trinajstić information content (AvgIpc) is 3.34. The lowest BCUT2D eigenvalue weighted by atomic mass is 10.0. The first-order chi connectivity index (χ1) is 35.0. The van der Waals surface area contributed by atoms with Crippen LogP contribution in [0.15, 0.2) is 0 Å². The molecule has 0 amide bonds. The molecule has 0 bridgehead atoms. The number of unbranched alkanes of at least 4 members (excludes halogenated alkanes) is 46. The highest BCUT2D eigenvalue weighted by Gasteiger charge is 2.22. The second-order valence-corrected chi connectivity index (χ2v) is 24.6. The van der Waals surface area contributed by atoms with Crippen LogP contribution in [0.2, 0.25) is 0 Å². The molecule has 9 nitrogen and oxygen atoms in total. The molecular formula is C62H124NO8P. The number of esters is 2. The van der Waals surface area contributed by atoms with Crippen molar-refractivity contribution in [3.8, 4) is 0 Å². The molecular weight excluding hydrogens is 918 g/mol. The Kier molecular flexibility index (Phi) is 54.0. The summed E-state index contributed by atoms with van der Waals surface area (Å²) in [5.41, 5.74) is 0. The number of hydrogen-bond donors (Lipinski definition) is 0. The highest BCUT2D eigenvalue weighted by Crippen LogP contribution is 2.38. The summed E-state index contributed by atoms with van der Waals surface area (Å²) in [7, 11) is 1.19. The largest absolute Gasteiger partial charge is 0.756 e. The minimum absolute atomic E-state index is 0.0253. The van der Waals surface area contributed by atoms with Crippen molar-refractivity contribution in [3.63, 3.8) is 0 Å². The van der Waals surface area contributed by atoms with Crippen LogP contribution in [0, 0.1) is 0 Å². The number of carbonyl (C=O) groups excluding carboxylic acids is 2. The monoisotopic (exact) mass is 1040 g/mol. The van der Waals surface area contributed by atoms with E-state index in [0.29, 0.717) is 17.4 Å². The molecule has 2 atom stereocenters. The Morgan fingerprint density at radius 1 is 0.375 bits per heavy atom. The summed E-state index contributed by atoms with van der Waals surface area (Å²) in [5, 5.41) is 0. The molecule has 10 heteroatoms. The maximum Gasteiger partial charge on any atom is 0.306 e. The van der Waals surface area contributed by atoms with Gasteiger partial charge in [0.25, 0.3) is 7.82 Å². The summed E-state index contributed by atoms with van der Waals surface area (Å²) in [6.45, 7) is 4.30. The first-order valence-corrected chi connectivity index (χ1v) is 33.2. The van der Waals surface area contributed by atoms with Crippen LogP contribution in [-0.2, 0) is 32.7 Å². The van der Waals surface area contributed by atoms with E-state index in [1.165, 1.54) is 270 Å². The molecule has 0 radical (unpaired) electrons. The lowest BCUT2D eigenvalue weighted by Crippen LogP contribution is -2.37. The van der Waals surface area contributed by atoms with E-state index in [9.17, 15) is 19.0 Å². The summed E-state index contributed by atoms with van der Waals surface area (Å²) in [6, 6.07) is 0. The van der Waals surface area contributed by atoms with Gasteiger partial charge < -0.3 is 27.9 Å². The minimum Gasteiger partial charge on any atom is -0.756 e. The van der Waals surface area contributed by atoms with Crippen LogP contribution in [-0.4, -0.2) is 70.0 Å². The van der Waals surface area contributed by atoms with Gasteiger partial charge in [0.15, 0.2) is 6.10 Å². The van der Waals surface area contributed by atoms with Crippen molar-refractivity contribution >= 4 is 19.8 Å².